The summed E-state index contributed by atoms with van der Waals surface area (Å²) in [4.78, 5) is 25.1. The maximum Gasteiger partial charge on any atom is 0.253 e. The summed E-state index contributed by atoms with van der Waals surface area (Å²) in [6.45, 7) is 2.04. The second kappa shape index (κ2) is 5.01. The summed E-state index contributed by atoms with van der Waals surface area (Å²) in [5.74, 6) is 0.0299. The lowest BCUT2D eigenvalue weighted by Gasteiger charge is -2.27. The number of benzene rings is 1. The molecule has 2 heterocycles. The van der Waals surface area contributed by atoms with E-state index >= 15 is 0 Å². The quantitative estimate of drug-likeness (QED) is 0.849. The van der Waals surface area contributed by atoms with Crippen LogP contribution in [0.5, 0.6) is 0 Å². The zero-order valence-electron chi connectivity index (χ0n) is 10.6. The number of anilines is 1. The summed E-state index contributed by atoms with van der Waals surface area (Å²) in [5, 5.41) is 2.83. The first kappa shape index (κ1) is 12.2. The fourth-order valence-corrected chi connectivity index (χ4v) is 2.59. The lowest BCUT2D eigenvalue weighted by Crippen LogP contribution is -2.41. The van der Waals surface area contributed by atoms with Crippen molar-refractivity contribution >= 4 is 17.5 Å². The molecule has 3 rings (SSSR count). The number of rotatable bonds is 2. The van der Waals surface area contributed by atoms with Crippen molar-refractivity contribution in [2.75, 3.05) is 31.2 Å². The van der Waals surface area contributed by atoms with Crippen LogP contribution in [0.25, 0.3) is 0 Å². The zero-order chi connectivity index (χ0) is 13.2. The van der Waals surface area contributed by atoms with Crippen LogP contribution >= 0.6 is 0 Å². The van der Waals surface area contributed by atoms with Gasteiger partial charge in [-0.25, -0.2) is 0 Å². The summed E-state index contributed by atoms with van der Waals surface area (Å²) >= 11 is 0. The Balaban J connectivity index is 1.78. The fourth-order valence-electron chi connectivity index (χ4n) is 2.59. The first-order valence-electron chi connectivity index (χ1n) is 6.51. The first-order chi connectivity index (χ1) is 9.25. The molecule has 2 aliphatic rings. The number of carbonyl (C=O) groups is 2. The van der Waals surface area contributed by atoms with E-state index in [2.05, 4.69) is 5.32 Å². The molecule has 5 heteroatoms. The number of nitrogens with one attached hydrogen (secondary N) is 1. The number of hydrogen-bond acceptors (Lipinski definition) is 3. The maximum absolute atomic E-state index is 11.7. The summed E-state index contributed by atoms with van der Waals surface area (Å²) < 4.78 is 5.11. The minimum Gasteiger partial charge on any atom is -0.370 e. The largest absolute Gasteiger partial charge is 0.370 e. The van der Waals surface area contributed by atoms with Gasteiger partial charge in [-0.1, -0.05) is 12.1 Å². The van der Waals surface area contributed by atoms with Gasteiger partial charge in [0.05, 0.1) is 12.5 Å². The summed E-state index contributed by atoms with van der Waals surface area (Å²) in [6.07, 6.45) is 0.842. The molecule has 1 atom stereocenters. The van der Waals surface area contributed by atoms with E-state index in [0.29, 0.717) is 13.2 Å². The molecule has 0 spiro atoms. The molecule has 0 saturated carbocycles. The van der Waals surface area contributed by atoms with Crippen LogP contribution < -0.4 is 10.2 Å². The Kier molecular flexibility index (Phi) is 3.21. The van der Waals surface area contributed by atoms with Crippen molar-refractivity contribution < 1.29 is 14.3 Å². The SMILES string of the molecule is O=C1NCC[C@H]1c1ccc(N2CCOCC2=O)cc1. The van der Waals surface area contributed by atoms with Crippen LogP contribution in [0.3, 0.4) is 0 Å². The molecule has 19 heavy (non-hydrogen) atoms. The Labute approximate surface area is 111 Å². The highest BCUT2D eigenvalue weighted by molar-refractivity contribution is 5.95. The lowest BCUT2D eigenvalue weighted by atomic mass is 9.97. The third-order valence-electron chi connectivity index (χ3n) is 3.64. The van der Waals surface area contributed by atoms with E-state index in [-0.39, 0.29) is 24.3 Å². The minimum absolute atomic E-state index is 0.0161. The average Bonchev–Trinajstić information content (AvgIpc) is 2.86. The molecule has 2 fully saturated rings. The van der Waals surface area contributed by atoms with Crippen LogP contribution in [0, 0.1) is 0 Å². The Bertz CT molecular complexity index is 498. The smallest absolute Gasteiger partial charge is 0.253 e. The lowest BCUT2D eigenvalue weighted by molar-refractivity contribution is -0.125. The highest BCUT2D eigenvalue weighted by atomic mass is 16.5. The monoisotopic (exact) mass is 260 g/mol. The molecule has 0 aromatic heterocycles. The number of nitrogens with zero attached hydrogens (tertiary/aromatic N) is 1. The van der Waals surface area contributed by atoms with Gasteiger partial charge in [0.25, 0.3) is 5.91 Å². The van der Waals surface area contributed by atoms with Crippen LogP contribution in [0.2, 0.25) is 0 Å². The molecule has 2 saturated heterocycles. The molecule has 2 amide bonds. The van der Waals surface area contributed by atoms with Crippen molar-refractivity contribution in [3.8, 4) is 0 Å². The van der Waals surface area contributed by atoms with Gasteiger partial charge in [-0.2, -0.15) is 0 Å². The Morgan fingerprint density at radius 2 is 2.00 bits per heavy atom. The van der Waals surface area contributed by atoms with E-state index in [4.69, 9.17) is 4.74 Å². The highest BCUT2D eigenvalue weighted by Gasteiger charge is 2.26. The Morgan fingerprint density at radius 1 is 1.21 bits per heavy atom. The number of ether oxygens (including phenoxy) is 1. The third kappa shape index (κ3) is 2.33. The van der Waals surface area contributed by atoms with Gasteiger partial charge in [0.15, 0.2) is 0 Å². The van der Waals surface area contributed by atoms with Gasteiger partial charge in [0.2, 0.25) is 5.91 Å². The summed E-state index contributed by atoms with van der Waals surface area (Å²) in [7, 11) is 0. The number of carbonyl (C=O) groups excluding carboxylic acids is 2. The van der Waals surface area contributed by atoms with Gasteiger partial charge in [-0.3, -0.25) is 9.59 Å². The minimum atomic E-state index is -0.0468. The molecule has 0 radical (unpaired) electrons. The normalized spacial score (nSPS) is 23.6. The number of amides is 2. The molecule has 2 aliphatic heterocycles. The van der Waals surface area contributed by atoms with Gasteiger partial charge in [-0.15, -0.1) is 0 Å². The van der Waals surface area contributed by atoms with Gasteiger partial charge in [-0.05, 0) is 24.1 Å². The number of hydrogen-bond donors (Lipinski definition) is 1. The van der Waals surface area contributed by atoms with E-state index in [1.165, 1.54) is 0 Å². The molecule has 0 bridgehead atoms. The standard InChI is InChI=1S/C14H16N2O3/c17-13-9-19-8-7-16(13)11-3-1-10(2-4-11)12-5-6-15-14(12)18/h1-4,12H,5-9H2,(H,15,18)/t12-/m0/s1. The first-order valence-corrected chi connectivity index (χ1v) is 6.51. The van der Waals surface area contributed by atoms with E-state index in [1.807, 2.05) is 24.3 Å². The van der Waals surface area contributed by atoms with Crippen molar-refractivity contribution in [3.05, 3.63) is 29.8 Å². The van der Waals surface area contributed by atoms with Crippen molar-refractivity contribution in [3.63, 3.8) is 0 Å². The van der Waals surface area contributed by atoms with Gasteiger partial charge in [0.1, 0.15) is 6.61 Å². The van der Waals surface area contributed by atoms with E-state index in [0.717, 1.165) is 24.2 Å². The topological polar surface area (TPSA) is 58.6 Å². The maximum atomic E-state index is 11.7. The summed E-state index contributed by atoms with van der Waals surface area (Å²) in [5.41, 5.74) is 1.88. The Hall–Kier alpha value is -1.88. The van der Waals surface area contributed by atoms with Crippen molar-refractivity contribution in [1.82, 2.24) is 5.32 Å². The highest BCUT2D eigenvalue weighted by Crippen LogP contribution is 2.26. The molecule has 1 N–H and O–H groups in total. The molecule has 0 unspecified atom stereocenters. The fraction of sp³-hybridized carbons (Fsp3) is 0.429. The van der Waals surface area contributed by atoms with Crippen molar-refractivity contribution in [2.45, 2.75) is 12.3 Å². The predicted molar refractivity (Wildman–Crippen MR) is 70.0 cm³/mol. The van der Waals surface area contributed by atoms with Crippen LogP contribution in [0.1, 0.15) is 17.9 Å². The molecule has 1 aromatic rings. The van der Waals surface area contributed by atoms with Gasteiger partial charge in [0, 0.05) is 18.8 Å². The molecular formula is C14H16N2O3. The van der Waals surface area contributed by atoms with E-state index in [1.54, 1.807) is 4.90 Å². The van der Waals surface area contributed by atoms with Crippen LogP contribution in [0.15, 0.2) is 24.3 Å². The van der Waals surface area contributed by atoms with E-state index in [9.17, 15) is 9.59 Å². The van der Waals surface area contributed by atoms with Crippen LogP contribution in [-0.4, -0.2) is 38.1 Å². The molecular weight excluding hydrogens is 244 g/mol. The molecule has 5 nitrogen and oxygen atoms in total. The predicted octanol–water partition coefficient (Wildman–Crippen LogP) is 0.653. The van der Waals surface area contributed by atoms with Crippen molar-refractivity contribution in [2.24, 2.45) is 0 Å². The van der Waals surface area contributed by atoms with Crippen LogP contribution in [0.4, 0.5) is 5.69 Å². The molecule has 100 valence electrons. The number of morpholine rings is 1. The van der Waals surface area contributed by atoms with Crippen molar-refractivity contribution in [1.29, 1.82) is 0 Å². The average molecular weight is 260 g/mol. The third-order valence-corrected chi connectivity index (χ3v) is 3.64. The van der Waals surface area contributed by atoms with Gasteiger partial charge >= 0.3 is 0 Å². The van der Waals surface area contributed by atoms with Crippen LogP contribution in [-0.2, 0) is 14.3 Å². The molecule has 0 aliphatic carbocycles. The second-order valence-corrected chi connectivity index (χ2v) is 4.82. The molecule has 1 aromatic carbocycles. The van der Waals surface area contributed by atoms with E-state index < -0.39 is 0 Å². The summed E-state index contributed by atoms with van der Waals surface area (Å²) in [6, 6.07) is 7.69. The zero-order valence-corrected chi connectivity index (χ0v) is 10.6. The Morgan fingerprint density at radius 3 is 2.63 bits per heavy atom. The van der Waals surface area contributed by atoms with Gasteiger partial charge < -0.3 is 15.0 Å². The second-order valence-electron chi connectivity index (χ2n) is 4.82.